The minimum Gasteiger partial charge on any atom is -0.273 e. The molecule has 0 aliphatic carbocycles. The Morgan fingerprint density at radius 1 is 0.867 bits per heavy atom. The number of hydrazine groups is 1. The van der Waals surface area contributed by atoms with Crippen LogP contribution in [0.5, 0.6) is 0 Å². The van der Waals surface area contributed by atoms with Crippen LogP contribution in [0, 0.1) is 34.6 Å². The summed E-state index contributed by atoms with van der Waals surface area (Å²) in [6.07, 6.45) is -0.128. The Morgan fingerprint density at radius 2 is 1.40 bits per heavy atom. The highest BCUT2D eigenvalue weighted by Crippen LogP contribution is 2.29. The third-order valence-electron chi connectivity index (χ3n) is 5.28. The van der Waals surface area contributed by atoms with Gasteiger partial charge in [-0.3, -0.25) is 20.4 Å². The number of rotatable bonds is 6. The van der Waals surface area contributed by atoms with Gasteiger partial charge in [0.25, 0.3) is 5.91 Å². The fourth-order valence-electron chi connectivity index (χ4n) is 3.14. The van der Waals surface area contributed by atoms with Crippen LogP contribution in [-0.2, 0) is 14.8 Å². The number of carbonyl (C=O) groups is 2. The van der Waals surface area contributed by atoms with Gasteiger partial charge in [0.05, 0.1) is 10.5 Å². The molecule has 0 bridgehead atoms. The number of sulfonamides is 1. The van der Waals surface area contributed by atoms with E-state index in [1.54, 1.807) is 38.1 Å². The molecule has 7 nitrogen and oxygen atoms in total. The molecule has 162 valence electrons. The summed E-state index contributed by atoms with van der Waals surface area (Å²) in [4.78, 5) is 24.3. The van der Waals surface area contributed by atoms with Gasteiger partial charge < -0.3 is 0 Å². The van der Waals surface area contributed by atoms with Gasteiger partial charge in [0.1, 0.15) is 0 Å². The Bertz CT molecular complexity index is 1070. The maximum atomic E-state index is 12.8. The van der Waals surface area contributed by atoms with Crippen molar-refractivity contribution in [3.8, 4) is 0 Å². The summed E-state index contributed by atoms with van der Waals surface area (Å²) in [5.41, 5.74) is 9.32. The van der Waals surface area contributed by atoms with E-state index in [1.165, 1.54) is 0 Å². The molecule has 2 amide bonds. The van der Waals surface area contributed by atoms with E-state index >= 15 is 0 Å². The second kappa shape index (κ2) is 9.72. The van der Waals surface area contributed by atoms with Gasteiger partial charge in [-0.05, 0) is 90.5 Å². The van der Waals surface area contributed by atoms with Gasteiger partial charge in [-0.1, -0.05) is 12.1 Å². The van der Waals surface area contributed by atoms with Crippen molar-refractivity contribution in [3.05, 3.63) is 62.1 Å². The standard InChI is InChI=1S/C21H26BrN3O4S/c1-12-13(2)15(4)20(16(5)14(12)3)30(28,29)23-11-10-19(26)24-25-21(27)17-8-6-7-9-18(17)22/h6-9,23H,10-11H2,1-5H3,(H,24,26)(H,25,27). The lowest BCUT2D eigenvalue weighted by molar-refractivity contribution is -0.121. The predicted octanol–water partition coefficient (Wildman–Crippen LogP) is 3.12. The number of hydrogen-bond acceptors (Lipinski definition) is 4. The average Bonchev–Trinajstić information content (AvgIpc) is 2.69. The molecule has 0 unspecified atom stereocenters. The molecule has 0 aromatic heterocycles. The average molecular weight is 496 g/mol. The van der Waals surface area contributed by atoms with Crippen molar-refractivity contribution in [2.24, 2.45) is 0 Å². The summed E-state index contributed by atoms with van der Waals surface area (Å²) >= 11 is 3.27. The maximum absolute atomic E-state index is 12.8. The minimum atomic E-state index is -3.78. The second-order valence-corrected chi connectivity index (χ2v) is 9.64. The number of carbonyl (C=O) groups excluding carboxylic acids is 2. The zero-order chi connectivity index (χ0) is 22.6. The number of hydrogen-bond donors (Lipinski definition) is 3. The van der Waals surface area contributed by atoms with Crippen LogP contribution >= 0.6 is 15.9 Å². The molecule has 2 aromatic rings. The molecule has 2 aromatic carbocycles. The van der Waals surface area contributed by atoms with Crippen molar-refractivity contribution in [3.63, 3.8) is 0 Å². The van der Waals surface area contributed by atoms with Crippen molar-refractivity contribution < 1.29 is 18.0 Å². The topological polar surface area (TPSA) is 104 Å². The number of amides is 2. The van der Waals surface area contributed by atoms with Gasteiger partial charge >= 0.3 is 0 Å². The Kier molecular flexibility index (Phi) is 7.79. The van der Waals surface area contributed by atoms with E-state index in [2.05, 4.69) is 31.5 Å². The van der Waals surface area contributed by atoms with Gasteiger partial charge in [-0.15, -0.1) is 0 Å². The summed E-state index contributed by atoms with van der Waals surface area (Å²) in [5, 5.41) is 0. The van der Waals surface area contributed by atoms with Crippen LogP contribution < -0.4 is 15.6 Å². The van der Waals surface area contributed by atoms with Gasteiger partial charge in [0.2, 0.25) is 15.9 Å². The lowest BCUT2D eigenvalue weighted by Crippen LogP contribution is -2.43. The molecule has 0 saturated heterocycles. The van der Waals surface area contributed by atoms with Crippen LogP contribution in [0.25, 0.3) is 0 Å². The van der Waals surface area contributed by atoms with Crippen molar-refractivity contribution in [1.82, 2.24) is 15.6 Å². The van der Waals surface area contributed by atoms with Crippen molar-refractivity contribution in [1.29, 1.82) is 0 Å². The van der Waals surface area contributed by atoms with Gasteiger partial charge in [-0.25, -0.2) is 13.1 Å². The maximum Gasteiger partial charge on any atom is 0.270 e. The molecule has 0 spiro atoms. The summed E-state index contributed by atoms with van der Waals surface area (Å²) in [5.74, 6) is -0.990. The molecule has 2 rings (SSSR count). The van der Waals surface area contributed by atoms with Crippen molar-refractivity contribution in [2.45, 2.75) is 45.9 Å². The summed E-state index contributed by atoms with van der Waals surface area (Å²) in [7, 11) is -3.78. The molecule has 9 heteroatoms. The molecule has 0 aliphatic heterocycles. The molecule has 0 saturated carbocycles. The molecule has 0 radical (unpaired) electrons. The number of nitrogens with one attached hydrogen (secondary N) is 3. The van der Waals surface area contributed by atoms with E-state index in [4.69, 9.17) is 0 Å². The Balaban J connectivity index is 1.97. The van der Waals surface area contributed by atoms with Crippen molar-refractivity contribution >= 4 is 37.8 Å². The fourth-order valence-corrected chi connectivity index (χ4v) is 5.23. The van der Waals surface area contributed by atoms with Crippen LogP contribution in [0.2, 0.25) is 0 Å². The molecule has 3 N–H and O–H groups in total. The number of benzene rings is 2. The predicted molar refractivity (Wildman–Crippen MR) is 120 cm³/mol. The first-order chi connectivity index (χ1) is 14.0. The van der Waals surface area contributed by atoms with Crippen LogP contribution in [0.1, 0.15) is 44.6 Å². The normalized spacial score (nSPS) is 11.3. The zero-order valence-electron chi connectivity index (χ0n) is 17.6. The highest BCUT2D eigenvalue weighted by atomic mass is 79.9. The highest BCUT2D eigenvalue weighted by Gasteiger charge is 2.23. The van der Waals surface area contributed by atoms with Crippen molar-refractivity contribution in [2.75, 3.05) is 6.54 Å². The smallest absolute Gasteiger partial charge is 0.270 e. The lowest BCUT2D eigenvalue weighted by Gasteiger charge is -2.19. The van der Waals surface area contributed by atoms with Gasteiger partial charge in [0.15, 0.2) is 0 Å². The van der Waals surface area contributed by atoms with Crippen LogP contribution in [-0.4, -0.2) is 26.8 Å². The molecule has 0 atom stereocenters. The van der Waals surface area contributed by atoms with E-state index in [1.807, 2.05) is 20.8 Å². The Morgan fingerprint density at radius 3 is 1.97 bits per heavy atom. The van der Waals surface area contributed by atoms with Gasteiger partial charge in [0, 0.05) is 17.4 Å². The molecular weight excluding hydrogens is 470 g/mol. The van der Waals surface area contributed by atoms with E-state index in [9.17, 15) is 18.0 Å². The second-order valence-electron chi connectivity index (χ2n) is 7.08. The summed E-state index contributed by atoms with van der Waals surface area (Å²) < 4.78 is 28.8. The van der Waals surface area contributed by atoms with Crippen LogP contribution in [0.4, 0.5) is 0 Å². The summed E-state index contributed by atoms with van der Waals surface area (Å²) in [6.45, 7) is 9.25. The van der Waals surface area contributed by atoms with Gasteiger partial charge in [-0.2, -0.15) is 0 Å². The van der Waals surface area contributed by atoms with E-state index < -0.39 is 21.8 Å². The monoisotopic (exact) mass is 495 g/mol. The Labute approximate surface area is 185 Å². The third kappa shape index (κ3) is 5.27. The SMILES string of the molecule is Cc1c(C)c(C)c(S(=O)(=O)NCCC(=O)NNC(=O)c2ccccc2Br)c(C)c1C. The van der Waals surface area contributed by atoms with Crippen LogP contribution in [0.15, 0.2) is 33.6 Å². The highest BCUT2D eigenvalue weighted by molar-refractivity contribution is 9.10. The first-order valence-corrected chi connectivity index (χ1v) is 11.6. The van der Waals surface area contributed by atoms with E-state index in [0.717, 1.165) is 16.7 Å². The fraction of sp³-hybridized carbons (Fsp3) is 0.333. The molecule has 0 aliphatic rings. The molecule has 30 heavy (non-hydrogen) atoms. The first kappa shape index (κ1) is 24.0. The lowest BCUT2D eigenvalue weighted by atomic mass is 9.95. The summed E-state index contributed by atoms with van der Waals surface area (Å²) in [6, 6.07) is 6.79. The molecule has 0 fully saturated rings. The van der Waals surface area contributed by atoms with E-state index in [0.29, 0.717) is 21.2 Å². The molecule has 0 heterocycles. The minimum absolute atomic E-state index is 0.0933. The van der Waals surface area contributed by atoms with E-state index in [-0.39, 0.29) is 17.9 Å². The largest absolute Gasteiger partial charge is 0.273 e. The third-order valence-corrected chi connectivity index (χ3v) is 7.70. The van der Waals surface area contributed by atoms with Crippen LogP contribution in [0.3, 0.4) is 0 Å². The number of halogens is 1. The first-order valence-electron chi connectivity index (χ1n) is 9.37. The molecular formula is C21H26BrN3O4S. The Hall–Kier alpha value is -2.23. The quantitative estimate of drug-likeness (QED) is 0.535. The zero-order valence-corrected chi connectivity index (χ0v) is 20.0.